The molecule has 1 aromatic heterocycles. The number of nitrogens with one attached hydrogen (secondary N) is 2. The fraction of sp³-hybridized carbons (Fsp3) is 0.433. The van der Waals surface area contributed by atoms with Crippen LogP contribution in [0.4, 0.5) is 8.78 Å². The van der Waals surface area contributed by atoms with Gasteiger partial charge < -0.3 is 20.6 Å². The van der Waals surface area contributed by atoms with E-state index >= 15 is 0 Å². The highest BCUT2D eigenvalue weighted by Crippen LogP contribution is 2.19. The van der Waals surface area contributed by atoms with Crippen molar-refractivity contribution >= 4 is 17.2 Å². The van der Waals surface area contributed by atoms with Gasteiger partial charge in [0.2, 0.25) is 0 Å². The highest BCUT2D eigenvalue weighted by atomic mass is 32.1. The van der Waals surface area contributed by atoms with Crippen LogP contribution in [-0.4, -0.2) is 48.2 Å². The Labute approximate surface area is 228 Å². The lowest BCUT2D eigenvalue weighted by Gasteiger charge is -2.25. The van der Waals surface area contributed by atoms with Gasteiger partial charge in [-0.15, -0.1) is 11.3 Å². The lowest BCUT2D eigenvalue weighted by Crippen LogP contribution is -2.48. The van der Waals surface area contributed by atoms with E-state index in [1.807, 2.05) is 18.2 Å². The monoisotopic (exact) mass is 543 g/mol. The summed E-state index contributed by atoms with van der Waals surface area (Å²) in [6.07, 6.45) is 2.30. The SMILES string of the molecule is CCCCN(C)Cc1ccc(C(=O)N[C@@H](Cc2cc(F)cc(F)c2)[C@@H](O)CNCc2cccc(CC)c2)s1. The maximum atomic E-state index is 13.8. The van der Waals surface area contributed by atoms with E-state index in [2.05, 4.69) is 48.6 Å². The largest absolute Gasteiger partial charge is 0.390 e. The summed E-state index contributed by atoms with van der Waals surface area (Å²) in [5.41, 5.74) is 2.70. The fourth-order valence-corrected chi connectivity index (χ4v) is 5.32. The van der Waals surface area contributed by atoms with Crippen LogP contribution in [0.3, 0.4) is 0 Å². The fourth-order valence-electron chi connectivity index (χ4n) is 4.33. The van der Waals surface area contributed by atoms with E-state index in [1.165, 1.54) is 29.0 Å². The molecule has 1 amide bonds. The summed E-state index contributed by atoms with van der Waals surface area (Å²) in [5, 5.41) is 17.2. The number of aliphatic hydroxyl groups is 1. The summed E-state index contributed by atoms with van der Waals surface area (Å²) in [6.45, 7) is 6.76. The second-order valence-corrected chi connectivity index (χ2v) is 11.0. The van der Waals surface area contributed by atoms with Gasteiger partial charge in [0.25, 0.3) is 5.91 Å². The summed E-state index contributed by atoms with van der Waals surface area (Å²) in [7, 11) is 2.06. The molecule has 0 unspecified atom stereocenters. The Morgan fingerprint density at radius 3 is 2.47 bits per heavy atom. The van der Waals surface area contributed by atoms with E-state index in [9.17, 15) is 18.7 Å². The number of hydrogen-bond donors (Lipinski definition) is 3. The first-order chi connectivity index (χ1) is 18.3. The van der Waals surface area contributed by atoms with Gasteiger partial charge in [-0.25, -0.2) is 8.78 Å². The molecule has 38 heavy (non-hydrogen) atoms. The van der Waals surface area contributed by atoms with E-state index in [0.29, 0.717) is 17.0 Å². The second-order valence-electron chi connectivity index (χ2n) is 9.79. The molecule has 3 rings (SSSR count). The number of rotatable bonds is 15. The standard InChI is InChI=1S/C30H39F2N3O2S/c1-4-6-12-35(3)20-26-10-11-29(38-26)30(37)34-27(16-23-14-24(31)17-25(32)15-23)28(36)19-33-18-22-9-7-8-21(5-2)13-22/h7-11,13-15,17,27-28,33,36H,4-6,12,16,18-20H2,1-3H3,(H,34,37)/t27-,28-/m0/s1. The summed E-state index contributed by atoms with van der Waals surface area (Å²) >= 11 is 1.42. The van der Waals surface area contributed by atoms with E-state index in [4.69, 9.17) is 0 Å². The molecule has 0 bridgehead atoms. The number of benzene rings is 2. The molecule has 8 heteroatoms. The molecule has 2 aromatic carbocycles. The van der Waals surface area contributed by atoms with Crippen molar-refractivity contribution in [3.05, 3.63) is 92.7 Å². The molecular formula is C30H39F2N3O2S. The van der Waals surface area contributed by atoms with Gasteiger partial charge in [-0.2, -0.15) is 0 Å². The van der Waals surface area contributed by atoms with Crippen LogP contribution in [0.1, 0.15) is 57.9 Å². The molecule has 206 valence electrons. The normalized spacial score (nSPS) is 13.0. The predicted octanol–water partition coefficient (Wildman–Crippen LogP) is 5.31. The van der Waals surface area contributed by atoms with Crippen molar-refractivity contribution in [2.45, 2.75) is 64.8 Å². The number of thiophene rings is 1. The molecule has 0 saturated carbocycles. The van der Waals surface area contributed by atoms with Crippen LogP contribution in [-0.2, 0) is 25.9 Å². The van der Waals surface area contributed by atoms with Crippen molar-refractivity contribution in [2.75, 3.05) is 20.1 Å². The first kappa shape index (κ1) is 29.9. The molecule has 0 radical (unpaired) electrons. The van der Waals surface area contributed by atoms with Crippen LogP contribution >= 0.6 is 11.3 Å². The second kappa shape index (κ2) is 15.1. The molecule has 0 fully saturated rings. The molecule has 3 N–H and O–H groups in total. The minimum Gasteiger partial charge on any atom is -0.390 e. The Morgan fingerprint density at radius 2 is 1.76 bits per heavy atom. The third-order valence-corrected chi connectivity index (χ3v) is 7.51. The van der Waals surface area contributed by atoms with Crippen molar-refractivity contribution < 1.29 is 18.7 Å². The molecule has 0 aliphatic heterocycles. The lowest BCUT2D eigenvalue weighted by molar-refractivity contribution is 0.0833. The third-order valence-electron chi connectivity index (χ3n) is 6.45. The summed E-state index contributed by atoms with van der Waals surface area (Å²) in [4.78, 5) is 17.0. The zero-order valence-electron chi connectivity index (χ0n) is 22.5. The number of carbonyl (C=O) groups excluding carboxylic acids is 1. The van der Waals surface area contributed by atoms with Gasteiger partial charge in [0, 0.05) is 30.6 Å². The smallest absolute Gasteiger partial charge is 0.261 e. The first-order valence-corrected chi connectivity index (χ1v) is 14.1. The molecule has 1 heterocycles. The lowest BCUT2D eigenvalue weighted by atomic mass is 10.0. The minimum atomic E-state index is -0.973. The van der Waals surface area contributed by atoms with E-state index in [1.54, 1.807) is 6.07 Å². The van der Waals surface area contributed by atoms with Gasteiger partial charge in [-0.05, 0) is 73.8 Å². The highest BCUT2D eigenvalue weighted by Gasteiger charge is 2.24. The van der Waals surface area contributed by atoms with Crippen LogP contribution in [0.25, 0.3) is 0 Å². The van der Waals surface area contributed by atoms with Gasteiger partial charge >= 0.3 is 0 Å². The van der Waals surface area contributed by atoms with Crippen LogP contribution in [0.2, 0.25) is 0 Å². The van der Waals surface area contributed by atoms with Gasteiger partial charge in [-0.3, -0.25) is 4.79 Å². The number of carbonyl (C=O) groups is 1. The van der Waals surface area contributed by atoms with Crippen molar-refractivity contribution in [3.8, 4) is 0 Å². The maximum absolute atomic E-state index is 13.8. The van der Waals surface area contributed by atoms with Crippen molar-refractivity contribution in [1.29, 1.82) is 0 Å². The van der Waals surface area contributed by atoms with Crippen molar-refractivity contribution in [3.63, 3.8) is 0 Å². The summed E-state index contributed by atoms with van der Waals surface area (Å²) < 4.78 is 27.7. The van der Waals surface area contributed by atoms with Crippen LogP contribution in [0, 0.1) is 11.6 Å². The predicted molar refractivity (Wildman–Crippen MR) is 150 cm³/mol. The number of nitrogens with zero attached hydrogens (tertiary/aromatic N) is 1. The molecule has 3 aromatic rings. The molecule has 2 atom stereocenters. The van der Waals surface area contributed by atoms with Crippen molar-refractivity contribution in [1.82, 2.24) is 15.5 Å². The maximum Gasteiger partial charge on any atom is 0.261 e. The molecular weight excluding hydrogens is 504 g/mol. The van der Waals surface area contributed by atoms with Gasteiger partial charge in [0.15, 0.2) is 0 Å². The van der Waals surface area contributed by atoms with Crippen LogP contribution in [0.15, 0.2) is 54.6 Å². The number of aryl methyl sites for hydroxylation is 1. The molecule has 0 saturated heterocycles. The number of amides is 1. The van der Waals surface area contributed by atoms with Gasteiger partial charge in [-0.1, -0.05) is 44.5 Å². The van der Waals surface area contributed by atoms with E-state index in [-0.39, 0.29) is 18.9 Å². The van der Waals surface area contributed by atoms with E-state index < -0.39 is 23.8 Å². The quantitative estimate of drug-likeness (QED) is 0.243. The number of hydrogen-bond acceptors (Lipinski definition) is 5. The Hall–Kier alpha value is -2.65. The van der Waals surface area contributed by atoms with Gasteiger partial charge in [0.05, 0.1) is 17.0 Å². The zero-order chi connectivity index (χ0) is 27.5. The zero-order valence-corrected chi connectivity index (χ0v) is 23.3. The van der Waals surface area contributed by atoms with E-state index in [0.717, 1.165) is 48.9 Å². The Balaban J connectivity index is 1.67. The topological polar surface area (TPSA) is 64.6 Å². The summed E-state index contributed by atoms with van der Waals surface area (Å²) in [5.74, 6) is -1.69. The molecule has 0 aliphatic rings. The molecule has 5 nitrogen and oxygen atoms in total. The number of aliphatic hydroxyl groups excluding tert-OH is 1. The van der Waals surface area contributed by atoms with Gasteiger partial charge in [0.1, 0.15) is 11.6 Å². The molecule has 0 aliphatic carbocycles. The Morgan fingerprint density at radius 1 is 1.03 bits per heavy atom. The Bertz CT molecular complexity index is 1150. The number of unbranched alkanes of at least 4 members (excludes halogenated alkanes) is 1. The third kappa shape index (κ3) is 9.58. The Kier molecular flexibility index (Phi) is 11.9. The summed E-state index contributed by atoms with van der Waals surface area (Å²) in [6, 6.07) is 14.5. The van der Waals surface area contributed by atoms with Crippen molar-refractivity contribution in [2.24, 2.45) is 0 Å². The number of halogens is 2. The average Bonchev–Trinajstić information content (AvgIpc) is 3.35. The first-order valence-electron chi connectivity index (χ1n) is 13.3. The average molecular weight is 544 g/mol. The molecule has 0 spiro atoms. The van der Waals surface area contributed by atoms with Crippen LogP contribution < -0.4 is 10.6 Å². The minimum absolute atomic E-state index is 0.0899. The van der Waals surface area contributed by atoms with Crippen LogP contribution in [0.5, 0.6) is 0 Å². The highest BCUT2D eigenvalue weighted by molar-refractivity contribution is 7.14.